The highest BCUT2D eigenvalue weighted by molar-refractivity contribution is 7.90. The first kappa shape index (κ1) is 15.4. The third-order valence-corrected chi connectivity index (χ3v) is 4.89. The van der Waals surface area contributed by atoms with E-state index >= 15 is 0 Å². The maximum absolute atomic E-state index is 12.9. The first-order valence-corrected chi connectivity index (χ1v) is 7.98. The van der Waals surface area contributed by atoms with Gasteiger partial charge in [-0.1, -0.05) is 0 Å². The highest BCUT2D eigenvalue weighted by Crippen LogP contribution is 2.26. The number of halogens is 1. The van der Waals surface area contributed by atoms with E-state index in [-0.39, 0.29) is 10.6 Å². The monoisotopic (exact) mass is 309 g/mol. The smallest absolute Gasteiger partial charge is 0.184 e. The lowest BCUT2D eigenvalue weighted by Gasteiger charge is -2.12. The van der Waals surface area contributed by atoms with Gasteiger partial charge in [-0.05, 0) is 38.1 Å². The predicted octanol–water partition coefficient (Wildman–Crippen LogP) is 2.82. The molecule has 0 fully saturated rings. The number of rotatable bonds is 4. The van der Waals surface area contributed by atoms with Crippen LogP contribution in [0.4, 0.5) is 4.39 Å². The summed E-state index contributed by atoms with van der Waals surface area (Å²) in [6.07, 6.45) is 1.58. The van der Waals surface area contributed by atoms with Crippen molar-refractivity contribution in [1.82, 2.24) is 4.98 Å². The van der Waals surface area contributed by atoms with E-state index in [1.807, 2.05) is 6.92 Å². The molecular weight excluding hydrogens is 293 g/mol. The number of hydrogen-bond donors (Lipinski definition) is 0. The summed E-state index contributed by atoms with van der Waals surface area (Å²) >= 11 is 0. The van der Waals surface area contributed by atoms with E-state index in [4.69, 9.17) is 4.74 Å². The van der Waals surface area contributed by atoms with Gasteiger partial charge in [0.05, 0.1) is 23.5 Å². The second kappa shape index (κ2) is 5.81. The molecule has 0 N–H and O–H groups in total. The average Bonchev–Trinajstić information content (AvgIpc) is 2.43. The third-order valence-electron chi connectivity index (χ3n) is 3.25. The zero-order valence-electron chi connectivity index (χ0n) is 12.1. The zero-order chi connectivity index (χ0) is 15.6. The number of methoxy groups -OCH3 is 1. The third kappa shape index (κ3) is 3.21. The van der Waals surface area contributed by atoms with Crippen molar-refractivity contribution >= 4 is 9.84 Å². The molecule has 1 aromatic heterocycles. The van der Waals surface area contributed by atoms with E-state index in [1.165, 1.54) is 19.2 Å². The van der Waals surface area contributed by atoms with E-state index in [0.29, 0.717) is 17.0 Å². The Morgan fingerprint density at radius 2 is 1.81 bits per heavy atom. The molecule has 0 spiro atoms. The molecule has 0 saturated heterocycles. The molecule has 2 rings (SSSR count). The molecule has 0 aliphatic carbocycles. The van der Waals surface area contributed by atoms with Gasteiger partial charge in [0.2, 0.25) is 0 Å². The highest BCUT2D eigenvalue weighted by Gasteiger charge is 2.19. The van der Waals surface area contributed by atoms with Gasteiger partial charge in [0.1, 0.15) is 11.6 Å². The number of hydrogen-bond acceptors (Lipinski definition) is 4. The van der Waals surface area contributed by atoms with Crippen LogP contribution < -0.4 is 4.74 Å². The molecule has 4 nitrogen and oxygen atoms in total. The molecular formula is C15H16FNO3S. The van der Waals surface area contributed by atoms with Crippen molar-refractivity contribution < 1.29 is 17.5 Å². The van der Waals surface area contributed by atoms with Crippen molar-refractivity contribution in [3.8, 4) is 5.75 Å². The van der Waals surface area contributed by atoms with Crippen LogP contribution in [-0.4, -0.2) is 20.5 Å². The molecule has 21 heavy (non-hydrogen) atoms. The van der Waals surface area contributed by atoms with Crippen molar-refractivity contribution in [2.24, 2.45) is 0 Å². The zero-order valence-corrected chi connectivity index (χ0v) is 12.9. The van der Waals surface area contributed by atoms with Gasteiger partial charge in [-0.3, -0.25) is 4.98 Å². The minimum atomic E-state index is -3.58. The second-order valence-corrected chi connectivity index (χ2v) is 6.75. The average molecular weight is 309 g/mol. The van der Waals surface area contributed by atoms with Gasteiger partial charge in [-0.2, -0.15) is 0 Å². The molecule has 0 aliphatic rings. The Labute approximate surface area is 123 Å². The van der Waals surface area contributed by atoms with Crippen LogP contribution in [0.25, 0.3) is 0 Å². The molecule has 0 unspecified atom stereocenters. The summed E-state index contributed by atoms with van der Waals surface area (Å²) < 4.78 is 42.8. The fourth-order valence-electron chi connectivity index (χ4n) is 2.12. The minimum Gasteiger partial charge on any atom is -0.496 e. The first-order valence-electron chi connectivity index (χ1n) is 6.32. The van der Waals surface area contributed by atoms with Crippen LogP contribution in [0.3, 0.4) is 0 Å². The Hall–Kier alpha value is -1.95. The molecule has 0 radical (unpaired) electrons. The first-order chi connectivity index (χ1) is 9.85. The number of benzene rings is 1. The molecule has 0 aliphatic heterocycles. The molecule has 1 heterocycles. The van der Waals surface area contributed by atoms with Crippen molar-refractivity contribution in [2.75, 3.05) is 7.11 Å². The standard InChI is InChI=1S/C15H16FNO3S/c1-10-8-17-14(11(2)15(10)20-3)9-21(18,19)13-6-4-12(16)5-7-13/h4-8H,9H2,1-3H3. The van der Waals surface area contributed by atoms with Gasteiger partial charge in [0.25, 0.3) is 0 Å². The van der Waals surface area contributed by atoms with E-state index in [9.17, 15) is 12.8 Å². The molecule has 6 heteroatoms. The summed E-state index contributed by atoms with van der Waals surface area (Å²) in [6, 6.07) is 4.77. The molecule has 0 atom stereocenters. The van der Waals surface area contributed by atoms with Crippen LogP contribution in [0.15, 0.2) is 35.4 Å². The normalized spacial score (nSPS) is 11.4. The van der Waals surface area contributed by atoms with Crippen LogP contribution in [-0.2, 0) is 15.6 Å². The lowest BCUT2D eigenvalue weighted by Crippen LogP contribution is -2.09. The van der Waals surface area contributed by atoms with Crippen molar-refractivity contribution in [2.45, 2.75) is 24.5 Å². The van der Waals surface area contributed by atoms with Crippen molar-refractivity contribution in [1.29, 1.82) is 0 Å². The topological polar surface area (TPSA) is 56.3 Å². The lowest BCUT2D eigenvalue weighted by atomic mass is 10.1. The molecule has 1 aromatic carbocycles. The van der Waals surface area contributed by atoms with Crippen LogP contribution in [0.2, 0.25) is 0 Å². The largest absolute Gasteiger partial charge is 0.496 e. The van der Waals surface area contributed by atoms with Gasteiger partial charge in [0, 0.05) is 17.3 Å². The molecule has 0 bridgehead atoms. The Morgan fingerprint density at radius 3 is 2.38 bits per heavy atom. The fourth-order valence-corrected chi connectivity index (χ4v) is 3.49. The van der Waals surface area contributed by atoms with E-state index in [2.05, 4.69) is 4.98 Å². The van der Waals surface area contributed by atoms with Crippen LogP contribution >= 0.6 is 0 Å². The number of sulfone groups is 1. The predicted molar refractivity (Wildman–Crippen MR) is 77.6 cm³/mol. The maximum Gasteiger partial charge on any atom is 0.184 e. The van der Waals surface area contributed by atoms with Gasteiger partial charge in [0.15, 0.2) is 9.84 Å². The number of ether oxygens (including phenoxy) is 1. The van der Waals surface area contributed by atoms with E-state index in [1.54, 1.807) is 13.1 Å². The Morgan fingerprint density at radius 1 is 1.19 bits per heavy atom. The lowest BCUT2D eigenvalue weighted by molar-refractivity contribution is 0.407. The Bertz CT molecular complexity index is 755. The number of aryl methyl sites for hydroxylation is 1. The molecule has 0 saturated carbocycles. The van der Waals surface area contributed by atoms with Crippen molar-refractivity contribution in [3.63, 3.8) is 0 Å². The van der Waals surface area contributed by atoms with E-state index in [0.717, 1.165) is 17.7 Å². The van der Waals surface area contributed by atoms with Gasteiger partial charge in [-0.15, -0.1) is 0 Å². The van der Waals surface area contributed by atoms with Crippen LogP contribution in [0.1, 0.15) is 16.8 Å². The van der Waals surface area contributed by atoms with Crippen LogP contribution in [0.5, 0.6) is 5.75 Å². The quantitative estimate of drug-likeness (QED) is 0.815. The Kier molecular flexibility index (Phi) is 4.27. The van der Waals surface area contributed by atoms with Gasteiger partial charge < -0.3 is 4.74 Å². The summed E-state index contributed by atoms with van der Waals surface area (Å²) in [5.41, 5.74) is 1.97. The van der Waals surface area contributed by atoms with Gasteiger partial charge in [-0.25, -0.2) is 12.8 Å². The molecule has 112 valence electrons. The number of nitrogens with zero attached hydrogens (tertiary/aromatic N) is 1. The highest BCUT2D eigenvalue weighted by atomic mass is 32.2. The summed E-state index contributed by atoms with van der Waals surface area (Å²) in [4.78, 5) is 4.26. The Balaban J connectivity index is 2.39. The molecule has 2 aromatic rings. The number of aromatic nitrogens is 1. The van der Waals surface area contributed by atoms with E-state index < -0.39 is 15.7 Å². The maximum atomic E-state index is 12.9. The van der Waals surface area contributed by atoms with Crippen LogP contribution in [0, 0.1) is 19.7 Å². The summed E-state index contributed by atoms with van der Waals surface area (Å²) in [6.45, 7) is 3.62. The number of pyridine rings is 1. The molecule has 0 amide bonds. The second-order valence-electron chi connectivity index (χ2n) is 4.76. The van der Waals surface area contributed by atoms with Gasteiger partial charge >= 0.3 is 0 Å². The minimum absolute atomic E-state index is 0.0737. The summed E-state index contributed by atoms with van der Waals surface area (Å²) in [5.74, 6) is -0.0873. The van der Waals surface area contributed by atoms with Crippen molar-refractivity contribution in [3.05, 3.63) is 53.1 Å². The summed E-state index contributed by atoms with van der Waals surface area (Å²) in [5, 5.41) is 0. The fraction of sp³-hybridized carbons (Fsp3) is 0.267. The summed E-state index contributed by atoms with van der Waals surface area (Å²) in [7, 11) is -2.04. The SMILES string of the molecule is COc1c(C)cnc(CS(=O)(=O)c2ccc(F)cc2)c1C.